The van der Waals surface area contributed by atoms with Gasteiger partial charge >= 0.3 is 0 Å². The van der Waals surface area contributed by atoms with Gasteiger partial charge in [0.1, 0.15) is 11.1 Å². The summed E-state index contributed by atoms with van der Waals surface area (Å²) < 4.78 is 5.44. The van der Waals surface area contributed by atoms with Crippen molar-refractivity contribution in [3.63, 3.8) is 0 Å². The Hall–Kier alpha value is -1.20. The lowest BCUT2D eigenvalue weighted by Gasteiger charge is -2.25. The molecule has 4 nitrogen and oxygen atoms in total. The Morgan fingerprint density at radius 1 is 1.40 bits per heavy atom. The van der Waals surface area contributed by atoms with E-state index in [-0.39, 0.29) is 16.5 Å². The van der Waals surface area contributed by atoms with Crippen LogP contribution in [0.1, 0.15) is 24.8 Å². The third-order valence-corrected chi connectivity index (χ3v) is 4.81. The first-order valence-corrected chi connectivity index (χ1v) is 7.93. The molecule has 0 unspecified atom stereocenters. The van der Waals surface area contributed by atoms with Crippen molar-refractivity contribution in [1.82, 2.24) is 10.2 Å². The molecule has 1 aromatic carbocycles. The molecule has 1 saturated heterocycles. The molecule has 1 heterocycles. The van der Waals surface area contributed by atoms with E-state index in [4.69, 9.17) is 4.74 Å². The van der Waals surface area contributed by atoms with Gasteiger partial charge in [-0.25, -0.2) is 0 Å². The summed E-state index contributed by atoms with van der Waals surface area (Å²) in [6.45, 7) is 6.52. The van der Waals surface area contributed by atoms with E-state index < -0.39 is 0 Å². The van der Waals surface area contributed by atoms with Crippen molar-refractivity contribution in [2.45, 2.75) is 24.5 Å². The fourth-order valence-corrected chi connectivity index (χ4v) is 3.73. The maximum absolute atomic E-state index is 12.3. The summed E-state index contributed by atoms with van der Waals surface area (Å²) in [5.74, 6) is 1.06. The predicted octanol–water partition coefficient (Wildman–Crippen LogP) is 2.27. The molecular weight excluding hydrogens is 272 g/mol. The van der Waals surface area contributed by atoms with Crippen molar-refractivity contribution >= 4 is 17.7 Å². The largest absolute Gasteiger partial charge is 0.496 e. The summed E-state index contributed by atoms with van der Waals surface area (Å²) in [7, 11) is 1.67. The summed E-state index contributed by atoms with van der Waals surface area (Å²) >= 11 is 1.69. The topological polar surface area (TPSA) is 41.6 Å². The van der Waals surface area contributed by atoms with E-state index in [2.05, 4.69) is 12.2 Å². The molecule has 2 rings (SSSR count). The summed E-state index contributed by atoms with van der Waals surface area (Å²) in [5.41, 5.74) is 1.08. The van der Waals surface area contributed by atoms with E-state index in [1.54, 1.807) is 18.9 Å². The highest BCUT2D eigenvalue weighted by Crippen LogP contribution is 2.45. The predicted molar refractivity (Wildman–Crippen MR) is 83.0 cm³/mol. The van der Waals surface area contributed by atoms with Crippen LogP contribution in [0.5, 0.6) is 5.75 Å². The molecule has 110 valence electrons. The molecule has 0 spiro atoms. The maximum Gasteiger partial charge on any atom is 0.236 e. The molecule has 1 aliphatic heterocycles. The molecule has 0 bridgehead atoms. The van der Waals surface area contributed by atoms with E-state index in [1.807, 2.05) is 36.1 Å². The third-order valence-electron chi connectivity index (χ3n) is 3.43. The van der Waals surface area contributed by atoms with E-state index in [9.17, 15) is 4.79 Å². The molecule has 0 aliphatic carbocycles. The second kappa shape index (κ2) is 6.99. The molecule has 1 aliphatic rings. The number of amides is 1. The van der Waals surface area contributed by atoms with E-state index >= 15 is 0 Å². The first kappa shape index (κ1) is 15.2. The number of hydrogen-bond acceptors (Lipinski definition) is 4. The van der Waals surface area contributed by atoms with Crippen LogP contribution in [0.4, 0.5) is 0 Å². The number of carbonyl (C=O) groups is 1. The van der Waals surface area contributed by atoms with Crippen molar-refractivity contribution in [2.75, 3.05) is 26.7 Å². The van der Waals surface area contributed by atoms with Gasteiger partial charge in [-0.05, 0) is 19.5 Å². The Morgan fingerprint density at radius 3 is 2.85 bits per heavy atom. The Kier molecular flexibility index (Phi) is 5.31. The van der Waals surface area contributed by atoms with Crippen molar-refractivity contribution in [1.29, 1.82) is 0 Å². The lowest BCUT2D eigenvalue weighted by atomic mass is 10.1. The number of rotatable bonds is 6. The van der Waals surface area contributed by atoms with Crippen LogP contribution < -0.4 is 10.1 Å². The number of methoxy groups -OCH3 is 1. The lowest BCUT2D eigenvalue weighted by Crippen LogP contribution is -2.36. The van der Waals surface area contributed by atoms with Crippen LogP contribution in [0.3, 0.4) is 0 Å². The highest BCUT2D eigenvalue weighted by Gasteiger charge is 2.39. The van der Waals surface area contributed by atoms with Gasteiger partial charge in [-0.2, -0.15) is 0 Å². The minimum atomic E-state index is 0.00605. The molecule has 1 N–H and O–H groups in total. The van der Waals surface area contributed by atoms with Crippen molar-refractivity contribution in [3.05, 3.63) is 29.8 Å². The van der Waals surface area contributed by atoms with Crippen LogP contribution >= 0.6 is 11.8 Å². The standard InChI is InChI=1S/C15H22N2O2S/c1-4-16-9-10-17-14(18)11(2)20-15(17)12-7-5-6-8-13(12)19-3/h5-8,11,15-16H,4,9-10H2,1-3H3/t11-,15+/m0/s1. The lowest BCUT2D eigenvalue weighted by molar-refractivity contribution is -0.129. The SMILES string of the molecule is CCNCCN1C(=O)[C@H](C)S[C@@H]1c1ccccc1OC. The van der Waals surface area contributed by atoms with E-state index in [0.29, 0.717) is 0 Å². The van der Waals surface area contributed by atoms with Gasteiger partial charge in [0.05, 0.1) is 12.4 Å². The minimum Gasteiger partial charge on any atom is -0.496 e. The Bertz CT molecular complexity index is 467. The summed E-state index contributed by atoms with van der Waals surface area (Å²) in [6.07, 6.45) is 0. The molecule has 20 heavy (non-hydrogen) atoms. The average Bonchev–Trinajstić information content (AvgIpc) is 2.75. The number of benzene rings is 1. The maximum atomic E-state index is 12.3. The van der Waals surface area contributed by atoms with Crippen molar-refractivity contribution < 1.29 is 9.53 Å². The van der Waals surface area contributed by atoms with Gasteiger partial charge in [0.2, 0.25) is 5.91 Å². The van der Waals surface area contributed by atoms with Crippen LogP contribution in [0, 0.1) is 0 Å². The molecule has 0 saturated carbocycles. The van der Waals surface area contributed by atoms with Crippen LogP contribution in [-0.2, 0) is 4.79 Å². The number of nitrogens with one attached hydrogen (secondary N) is 1. The molecule has 1 fully saturated rings. The van der Waals surface area contributed by atoms with Gasteiger partial charge in [0, 0.05) is 18.7 Å². The zero-order valence-electron chi connectivity index (χ0n) is 12.3. The molecular formula is C15H22N2O2S. The minimum absolute atomic E-state index is 0.00605. The van der Waals surface area contributed by atoms with Gasteiger partial charge < -0.3 is 15.0 Å². The number of hydrogen-bond donors (Lipinski definition) is 1. The molecule has 5 heteroatoms. The fourth-order valence-electron chi connectivity index (χ4n) is 2.39. The third kappa shape index (κ3) is 3.10. The van der Waals surface area contributed by atoms with Crippen LogP contribution in [-0.4, -0.2) is 42.8 Å². The quantitative estimate of drug-likeness (QED) is 0.817. The molecule has 0 radical (unpaired) electrons. The summed E-state index contributed by atoms with van der Waals surface area (Å²) in [6, 6.07) is 7.94. The number of ether oxygens (including phenoxy) is 1. The van der Waals surface area contributed by atoms with Crippen LogP contribution in [0.2, 0.25) is 0 Å². The molecule has 1 aromatic rings. The second-order valence-corrected chi connectivity index (χ2v) is 6.18. The van der Waals surface area contributed by atoms with Gasteiger partial charge in [-0.1, -0.05) is 25.1 Å². The average molecular weight is 294 g/mol. The zero-order chi connectivity index (χ0) is 14.5. The fraction of sp³-hybridized carbons (Fsp3) is 0.533. The summed E-state index contributed by atoms with van der Waals surface area (Å²) in [5, 5.41) is 3.33. The van der Waals surface area contributed by atoms with Gasteiger partial charge in [0.25, 0.3) is 0 Å². The smallest absolute Gasteiger partial charge is 0.236 e. The molecule has 0 aromatic heterocycles. The normalized spacial score (nSPS) is 22.4. The van der Waals surface area contributed by atoms with Crippen molar-refractivity contribution in [2.24, 2.45) is 0 Å². The Morgan fingerprint density at radius 2 is 2.15 bits per heavy atom. The first-order valence-electron chi connectivity index (χ1n) is 6.98. The monoisotopic (exact) mass is 294 g/mol. The van der Waals surface area contributed by atoms with Gasteiger partial charge in [0.15, 0.2) is 0 Å². The number of likely N-dealkylation sites (N-methyl/N-ethyl adjacent to an activating group) is 1. The number of nitrogens with zero attached hydrogens (tertiary/aromatic N) is 1. The zero-order valence-corrected chi connectivity index (χ0v) is 13.1. The van der Waals surface area contributed by atoms with Crippen molar-refractivity contribution in [3.8, 4) is 5.75 Å². The Labute approximate surface area is 124 Å². The molecule has 1 amide bonds. The van der Waals surface area contributed by atoms with Crippen LogP contribution in [0.25, 0.3) is 0 Å². The van der Waals surface area contributed by atoms with Gasteiger partial charge in [-0.3, -0.25) is 4.79 Å². The number of para-hydroxylation sites is 1. The van der Waals surface area contributed by atoms with E-state index in [1.165, 1.54) is 0 Å². The van der Waals surface area contributed by atoms with Gasteiger partial charge in [-0.15, -0.1) is 11.8 Å². The van der Waals surface area contributed by atoms with E-state index in [0.717, 1.165) is 30.9 Å². The molecule has 2 atom stereocenters. The number of thioether (sulfide) groups is 1. The van der Waals surface area contributed by atoms with Crippen LogP contribution in [0.15, 0.2) is 24.3 Å². The highest BCUT2D eigenvalue weighted by molar-refractivity contribution is 8.01. The summed E-state index contributed by atoms with van der Waals surface area (Å²) in [4.78, 5) is 14.3. The first-order chi connectivity index (χ1) is 9.69. The Balaban J connectivity index is 2.21. The second-order valence-electron chi connectivity index (χ2n) is 4.76. The number of carbonyl (C=O) groups excluding carboxylic acids is 1. The highest BCUT2D eigenvalue weighted by atomic mass is 32.2.